The van der Waals surface area contributed by atoms with Gasteiger partial charge >= 0.3 is 11.7 Å². The second-order valence-corrected chi connectivity index (χ2v) is 7.10. The van der Waals surface area contributed by atoms with E-state index in [-0.39, 0.29) is 35.4 Å². The quantitative estimate of drug-likeness (QED) is 0.262. The van der Waals surface area contributed by atoms with Gasteiger partial charge in [0.1, 0.15) is 0 Å². The molecule has 164 valence electrons. The predicted octanol–water partition coefficient (Wildman–Crippen LogP) is 4.02. The molecule has 0 bridgehead atoms. The van der Waals surface area contributed by atoms with E-state index in [1.807, 2.05) is 13.8 Å². The Morgan fingerprint density at radius 2 is 1.71 bits per heavy atom. The average Bonchev–Trinajstić information content (AvgIpc) is 2.72. The smallest absolute Gasteiger partial charge is 0.338 e. The molecule has 0 spiro atoms. The van der Waals surface area contributed by atoms with Gasteiger partial charge in [0.2, 0.25) is 5.91 Å². The van der Waals surface area contributed by atoms with E-state index in [1.54, 1.807) is 19.1 Å². The summed E-state index contributed by atoms with van der Waals surface area (Å²) in [5.74, 6) is -1.16. The molecule has 0 radical (unpaired) electrons. The normalized spacial score (nSPS) is 10.5. The molecule has 0 aliphatic carbocycles. The van der Waals surface area contributed by atoms with Gasteiger partial charge in [-0.3, -0.25) is 19.7 Å². The van der Waals surface area contributed by atoms with Crippen LogP contribution >= 0.6 is 0 Å². The number of hydrogen-bond donors (Lipinski definition) is 1. The fourth-order valence-electron chi connectivity index (χ4n) is 2.68. The lowest BCUT2D eigenvalue weighted by atomic mass is 10.1. The Balaban J connectivity index is 1.97. The Bertz CT molecular complexity index is 968. The minimum Gasteiger partial charge on any atom is -0.487 e. The molecule has 1 N–H and O–H groups in total. The highest BCUT2D eigenvalue weighted by Crippen LogP contribution is 2.28. The molecule has 0 saturated carbocycles. The summed E-state index contributed by atoms with van der Waals surface area (Å²) < 4.78 is 10.2. The van der Waals surface area contributed by atoms with Gasteiger partial charge in [0, 0.05) is 23.7 Å². The number of anilines is 1. The van der Waals surface area contributed by atoms with Crippen molar-refractivity contribution < 1.29 is 28.8 Å². The molecule has 0 unspecified atom stereocenters. The molecule has 9 heteroatoms. The maximum Gasteiger partial charge on any atom is 0.338 e. The summed E-state index contributed by atoms with van der Waals surface area (Å²) in [4.78, 5) is 46.8. The molecule has 0 fully saturated rings. The van der Waals surface area contributed by atoms with Crippen molar-refractivity contribution in [3.8, 4) is 5.75 Å². The lowest BCUT2D eigenvalue weighted by Gasteiger charge is -2.09. The first-order chi connectivity index (χ1) is 14.7. The van der Waals surface area contributed by atoms with Gasteiger partial charge in [-0.15, -0.1) is 0 Å². The van der Waals surface area contributed by atoms with Crippen molar-refractivity contribution in [1.82, 2.24) is 0 Å². The van der Waals surface area contributed by atoms with E-state index >= 15 is 0 Å². The van der Waals surface area contributed by atoms with Crippen LogP contribution in [0.4, 0.5) is 11.4 Å². The van der Waals surface area contributed by atoms with Crippen LogP contribution in [-0.4, -0.2) is 35.8 Å². The summed E-state index contributed by atoms with van der Waals surface area (Å²) in [7, 11) is 0. The van der Waals surface area contributed by atoms with Crippen LogP contribution in [0.5, 0.6) is 5.75 Å². The lowest BCUT2D eigenvalue weighted by molar-refractivity contribution is -0.385. The van der Waals surface area contributed by atoms with Gasteiger partial charge in [-0.2, -0.15) is 0 Å². The van der Waals surface area contributed by atoms with Gasteiger partial charge < -0.3 is 14.8 Å². The number of rotatable bonds is 10. The van der Waals surface area contributed by atoms with Crippen molar-refractivity contribution in [2.24, 2.45) is 5.92 Å². The fraction of sp³-hybridized carbons (Fsp3) is 0.318. The van der Waals surface area contributed by atoms with Gasteiger partial charge in [0.05, 0.1) is 17.1 Å². The summed E-state index contributed by atoms with van der Waals surface area (Å²) in [6.07, 6.45) is 0.389. The number of ether oxygens (including phenoxy) is 2. The largest absolute Gasteiger partial charge is 0.487 e. The van der Waals surface area contributed by atoms with Crippen molar-refractivity contribution in [3.63, 3.8) is 0 Å². The van der Waals surface area contributed by atoms with Crippen molar-refractivity contribution >= 4 is 29.0 Å². The van der Waals surface area contributed by atoms with Crippen LogP contribution < -0.4 is 10.1 Å². The number of hydrogen-bond acceptors (Lipinski definition) is 7. The maximum atomic E-state index is 12.3. The molecule has 0 atom stereocenters. The minimum absolute atomic E-state index is 0.0423. The highest BCUT2D eigenvalue weighted by molar-refractivity contribution is 6.00. The summed E-state index contributed by atoms with van der Waals surface area (Å²) in [5, 5.41) is 13.9. The summed E-state index contributed by atoms with van der Waals surface area (Å²) >= 11 is 0. The molecular formula is C22H24N2O7. The standard InChI is InChI=1S/C22H24N2O7/c1-4-30-20-10-7-16(12-18(20)24(28)29)22(27)31-13-19(25)15-5-8-17(9-6-15)23-21(26)11-14(2)3/h5-10,12,14H,4,11,13H2,1-3H3,(H,23,26). The second-order valence-electron chi connectivity index (χ2n) is 7.10. The van der Waals surface area contributed by atoms with Crippen molar-refractivity contribution in [3.05, 3.63) is 63.7 Å². The summed E-state index contributed by atoms with van der Waals surface area (Å²) in [6, 6.07) is 9.90. The minimum atomic E-state index is -0.864. The van der Waals surface area contributed by atoms with E-state index in [2.05, 4.69) is 5.32 Å². The van der Waals surface area contributed by atoms with E-state index in [0.29, 0.717) is 17.7 Å². The molecule has 9 nitrogen and oxygen atoms in total. The van der Waals surface area contributed by atoms with Crippen LogP contribution in [0.2, 0.25) is 0 Å². The van der Waals surface area contributed by atoms with E-state index in [1.165, 1.54) is 24.3 Å². The van der Waals surface area contributed by atoms with Crippen LogP contribution in [0.25, 0.3) is 0 Å². The zero-order valence-electron chi connectivity index (χ0n) is 17.5. The van der Waals surface area contributed by atoms with Crippen LogP contribution in [0.1, 0.15) is 47.9 Å². The Morgan fingerprint density at radius 3 is 2.29 bits per heavy atom. The molecule has 2 aromatic carbocycles. The average molecular weight is 428 g/mol. The van der Waals surface area contributed by atoms with Crippen LogP contribution in [0.15, 0.2) is 42.5 Å². The Morgan fingerprint density at radius 1 is 1.06 bits per heavy atom. The lowest BCUT2D eigenvalue weighted by Crippen LogP contribution is -2.15. The monoisotopic (exact) mass is 428 g/mol. The molecule has 0 heterocycles. The van der Waals surface area contributed by atoms with Crippen LogP contribution in [0, 0.1) is 16.0 Å². The molecule has 2 rings (SSSR count). The van der Waals surface area contributed by atoms with E-state index in [9.17, 15) is 24.5 Å². The molecule has 0 saturated heterocycles. The van der Waals surface area contributed by atoms with Crippen molar-refractivity contribution in [2.45, 2.75) is 27.2 Å². The molecule has 31 heavy (non-hydrogen) atoms. The number of nitro groups is 1. The third-order valence-corrected chi connectivity index (χ3v) is 4.11. The van der Waals surface area contributed by atoms with Gasteiger partial charge in [0.25, 0.3) is 0 Å². The van der Waals surface area contributed by atoms with E-state index in [4.69, 9.17) is 9.47 Å². The number of amides is 1. The second kappa shape index (κ2) is 10.9. The molecule has 1 amide bonds. The zero-order valence-corrected chi connectivity index (χ0v) is 17.5. The first-order valence-corrected chi connectivity index (χ1v) is 9.72. The van der Waals surface area contributed by atoms with Gasteiger partial charge in [-0.25, -0.2) is 4.79 Å². The molecule has 0 aromatic heterocycles. The maximum absolute atomic E-state index is 12.3. The Labute approximate surface area is 179 Å². The predicted molar refractivity (Wildman–Crippen MR) is 113 cm³/mol. The number of nitrogens with zero attached hydrogens (tertiary/aromatic N) is 1. The molecular weight excluding hydrogens is 404 g/mol. The Hall–Kier alpha value is -3.75. The number of ketones is 1. The van der Waals surface area contributed by atoms with E-state index < -0.39 is 23.3 Å². The van der Waals surface area contributed by atoms with Gasteiger partial charge in [0.15, 0.2) is 18.1 Å². The number of benzene rings is 2. The first-order valence-electron chi connectivity index (χ1n) is 9.72. The summed E-state index contributed by atoms with van der Waals surface area (Å²) in [5.41, 5.74) is 0.428. The Kier molecular flexibility index (Phi) is 8.25. The zero-order chi connectivity index (χ0) is 23.0. The number of nitrogens with one attached hydrogen (secondary N) is 1. The number of carbonyl (C=O) groups excluding carboxylic acids is 3. The van der Waals surface area contributed by atoms with Crippen LogP contribution in [-0.2, 0) is 9.53 Å². The molecule has 2 aromatic rings. The SMILES string of the molecule is CCOc1ccc(C(=O)OCC(=O)c2ccc(NC(=O)CC(C)C)cc2)cc1[N+](=O)[O-]. The molecule has 0 aliphatic heterocycles. The number of Topliss-reactive ketones (excluding diaryl/α,β-unsaturated/α-hetero) is 1. The highest BCUT2D eigenvalue weighted by Gasteiger charge is 2.20. The number of nitro benzene ring substituents is 1. The van der Waals surface area contributed by atoms with Gasteiger partial charge in [-0.1, -0.05) is 13.8 Å². The fourth-order valence-corrected chi connectivity index (χ4v) is 2.68. The first kappa shape index (κ1) is 23.5. The van der Waals surface area contributed by atoms with E-state index in [0.717, 1.165) is 6.07 Å². The van der Waals surface area contributed by atoms with Crippen LogP contribution in [0.3, 0.4) is 0 Å². The summed E-state index contributed by atoms with van der Waals surface area (Å²) in [6.45, 7) is 5.27. The number of esters is 1. The topological polar surface area (TPSA) is 125 Å². The third kappa shape index (κ3) is 6.91. The number of carbonyl (C=O) groups is 3. The van der Waals surface area contributed by atoms with Gasteiger partial charge in [-0.05, 0) is 49.2 Å². The third-order valence-electron chi connectivity index (χ3n) is 4.11. The molecule has 0 aliphatic rings. The van der Waals surface area contributed by atoms with Crippen molar-refractivity contribution in [1.29, 1.82) is 0 Å². The van der Waals surface area contributed by atoms with Crippen molar-refractivity contribution in [2.75, 3.05) is 18.5 Å². The highest BCUT2D eigenvalue weighted by atomic mass is 16.6.